The highest BCUT2D eigenvalue weighted by Crippen LogP contribution is 2.25. The van der Waals surface area contributed by atoms with Crippen molar-refractivity contribution in [2.75, 3.05) is 7.05 Å². The van der Waals surface area contributed by atoms with Crippen LogP contribution in [0.5, 0.6) is 0 Å². The van der Waals surface area contributed by atoms with E-state index in [0.29, 0.717) is 0 Å². The topological polar surface area (TPSA) is 58.9 Å². The normalized spacial score (nSPS) is 7.68. The SMILES string of the molecule is CC.CC.CC.CC.CCCc1c(C)[nH]c2c(C=O)cccc12.CN. The third-order valence-corrected chi connectivity index (χ3v) is 2.81. The van der Waals surface area contributed by atoms with Gasteiger partial charge in [0.25, 0.3) is 0 Å². The third-order valence-electron chi connectivity index (χ3n) is 2.81. The van der Waals surface area contributed by atoms with Crippen LogP contribution in [-0.4, -0.2) is 18.3 Å². The number of H-pyrrole nitrogens is 1. The molecule has 1 aromatic heterocycles. The molecule has 0 saturated heterocycles. The van der Waals surface area contributed by atoms with E-state index in [1.807, 2.05) is 67.5 Å². The molecule has 0 radical (unpaired) electrons. The monoisotopic (exact) mass is 352 g/mol. The van der Waals surface area contributed by atoms with Crippen LogP contribution in [0.15, 0.2) is 18.2 Å². The fourth-order valence-electron chi connectivity index (χ4n) is 2.10. The molecule has 0 aliphatic rings. The molecule has 2 aromatic rings. The number of hydrogen-bond acceptors (Lipinski definition) is 2. The summed E-state index contributed by atoms with van der Waals surface area (Å²) in [7, 11) is 1.50. The number of nitrogens with two attached hydrogens (primary N) is 1. The minimum absolute atomic E-state index is 0.748. The number of benzene rings is 1. The summed E-state index contributed by atoms with van der Waals surface area (Å²) in [5.41, 5.74) is 8.75. The van der Waals surface area contributed by atoms with Crippen LogP contribution in [0.3, 0.4) is 0 Å². The molecule has 3 heteroatoms. The highest BCUT2D eigenvalue weighted by Gasteiger charge is 2.09. The minimum Gasteiger partial charge on any atom is -0.358 e. The number of para-hydroxylation sites is 1. The summed E-state index contributed by atoms with van der Waals surface area (Å²) >= 11 is 0. The van der Waals surface area contributed by atoms with E-state index in [0.717, 1.165) is 30.2 Å². The predicted molar refractivity (Wildman–Crippen MR) is 118 cm³/mol. The number of aromatic nitrogens is 1. The van der Waals surface area contributed by atoms with Crippen LogP contribution in [0.4, 0.5) is 0 Å². The molecule has 2 rings (SSSR count). The molecule has 148 valence electrons. The molecule has 25 heavy (non-hydrogen) atoms. The van der Waals surface area contributed by atoms with Gasteiger partial charge in [-0.1, -0.05) is 80.9 Å². The summed E-state index contributed by atoms with van der Waals surface area (Å²) < 4.78 is 0. The maximum atomic E-state index is 10.9. The fourth-order valence-corrected chi connectivity index (χ4v) is 2.10. The second-order valence-electron chi connectivity index (χ2n) is 3.87. The number of aromatic amines is 1. The van der Waals surface area contributed by atoms with Crippen LogP contribution in [0, 0.1) is 6.92 Å². The number of nitrogens with one attached hydrogen (secondary N) is 1. The molecule has 0 spiro atoms. The number of aryl methyl sites for hydroxylation is 2. The molecule has 1 heterocycles. The second kappa shape index (κ2) is 24.6. The van der Waals surface area contributed by atoms with Crippen molar-refractivity contribution in [2.24, 2.45) is 5.73 Å². The van der Waals surface area contributed by atoms with E-state index < -0.39 is 0 Å². The third kappa shape index (κ3) is 10.8. The lowest BCUT2D eigenvalue weighted by atomic mass is 10.0. The Morgan fingerprint density at radius 1 is 0.960 bits per heavy atom. The van der Waals surface area contributed by atoms with Crippen LogP contribution in [0.1, 0.15) is 90.3 Å². The van der Waals surface area contributed by atoms with E-state index >= 15 is 0 Å². The standard InChI is InChI=1S/C13H15NO.4C2H6.CH5N/c1-3-5-11-9(2)14-13-10(8-15)6-4-7-12(11)13;5*1-2/h4,6-8,14H,3,5H2,1-2H3;4*1-2H3;2H2,1H3. The van der Waals surface area contributed by atoms with Crippen molar-refractivity contribution in [2.45, 2.75) is 82.1 Å². The van der Waals surface area contributed by atoms with E-state index in [4.69, 9.17) is 0 Å². The highest BCUT2D eigenvalue weighted by molar-refractivity contribution is 5.98. The summed E-state index contributed by atoms with van der Waals surface area (Å²) in [6.45, 7) is 20.2. The lowest BCUT2D eigenvalue weighted by Gasteiger charge is -1.98. The molecular weight excluding hydrogens is 308 g/mol. The molecule has 3 N–H and O–H groups in total. The minimum atomic E-state index is 0.748. The van der Waals surface area contributed by atoms with E-state index in [1.54, 1.807) is 0 Å². The first-order chi connectivity index (χ1) is 12.3. The Bertz CT molecular complexity index is 502. The van der Waals surface area contributed by atoms with Crippen LogP contribution in [0.25, 0.3) is 10.9 Å². The number of carbonyl (C=O) groups is 1. The Morgan fingerprint density at radius 2 is 1.44 bits per heavy atom. The second-order valence-corrected chi connectivity index (χ2v) is 3.87. The molecule has 0 aliphatic carbocycles. The molecule has 0 fully saturated rings. The largest absolute Gasteiger partial charge is 0.358 e. The molecule has 0 aliphatic heterocycles. The molecule has 1 aromatic carbocycles. The summed E-state index contributed by atoms with van der Waals surface area (Å²) in [6.07, 6.45) is 3.10. The lowest BCUT2D eigenvalue weighted by Crippen LogP contribution is -1.84. The van der Waals surface area contributed by atoms with Gasteiger partial charge in [-0.05, 0) is 32.0 Å². The quantitative estimate of drug-likeness (QED) is 0.589. The Balaban J connectivity index is -0.000000191. The maximum absolute atomic E-state index is 10.9. The number of fused-ring (bicyclic) bond motifs is 1. The van der Waals surface area contributed by atoms with Gasteiger partial charge in [0.05, 0.1) is 5.52 Å². The zero-order valence-corrected chi connectivity index (χ0v) is 18.7. The van der Waals surface area contributed by atoms with Crippen molar-refractivity contribution in [1.82, 2.24) is 4.98 Å². The predicted octanol–water partition coefficient (Wildman–Crippen LogP) is 6.92. The molecular formula is C22H44N2O. The maximum Gasteiger partial charge on any atom is 0.152 e. The van der Waals surface area contributed by atoms with Crippen LogP contribution < -0.4 is 5.73 Å². The van der Waals surface area contributed by atoms with Gasteiger partial charge in [0, 0.05) is 16.6 Å². The van der Waals surface area contributed by atoms with E-state index in [9.17, 15) is 4.79 Å². The summed E-state index contributed by atoms with van der Waals surface area (Å²) in [5.74, 6) is 0. The average molecular weight is 353 g/mol. The molecule has 0 saturated carbocycles. The molecule has 0 amide bonds. The summed E-state index contributed by atoms with van der Waals surface area (Å²) in [4.78, 5) is 14.2. The summed E-state index contributed by atoms with van der Waals surface area (Å²) in [6, 6.07) is 5.87. The molecule has 3 nitrogen and oxygen atoms in total. The lowest BCUT2D eigenvalue weighted by molar-refractivity contribution is 0.112. The Labute approximate surface area is 157 Å². The van der Waals surface area contributed by atoms with E-state index in [1.165, 1.54) is 23.7 Å². The summed E-state index contributed by atoms with van der Waals surface area (Å²) in [5, 5.41) is 1.19. The van der Waals surface area contributed by atoms with E-state index in [-0.39, 0.29) is 0 Å². The van der Waals surface area contributed by atoms with E-state index in [2.05, 4.69) is 30.6 Å². The van der Waals surface area contributed by atoms with Gasteiger partial charge in [-0.15, -0.1) is 0 Å². The first-order valence-corrected chi connectivity index (χ1v) is 9.91. The Morgan fingerprint density at radius 3 is 1.84 bits per heavy atom. The van der Waals surface area contributed by atoms with Crippen molar-refractivity contribution in [1.29, 1.82) is 0 Å². The van der Waals surface area contributed by atoms with Crippen LogP contribution in [0.2, 0.25) is 0 Å². The number of rotatable bonds is 3. The Hall–Kier alpha value is -1.61. The van der Waals surface area contributed by atoms with Crippen molar-refractivity contribution in [3.05, 3.63) is 35.0 Å². The van der Waals surface area contributed by atoms with Gasteiger partial charge in [-0.2, -0.15) is 0 Å². The molecule has 0 atom stereocenters. The number of aldehydes is 1. The zero-order valence-electron chi connectivity index (χ0n) is 18.7. The first-order valence-electron chi connectivity index (χ1n) is 9.91. The van der Waals surface area contributed by atoms with Gasteiger partial charge in [0.2, 0.25) is 0 Å². The molecule has 0 bridgehead atoms. The van der Waals surface area contributed by atoms with Gasteiger partial charge in [-0.25, -0.2) is 0 Å². The van der Waals surface area contributed by atoms with Crippen LogP contribution in [-0.2, 0) is 6.42 Å². The fraction of sp³-hybridized carbons (Fsp3) is 0.591. The van der Waals surface area contributed by atoms with Crippen molar-refractivity contribution < 1.29 is 4.79 Å². The van der Waals surface area contributed by atoms with Crippen molar-refractivity contribution >= 4 is 17.2 Å². The zero-order chi connectivity index (χ0) is 20.8. The van der Waals surface area contributed by atoms with Crippen LogP contribution >= 0.6 is 0 Å². The first kappa shape index (κ1) is 31.2. The van der Waals surface area contributed by atoms with Crippen molar-refractivity contribution in [3.8, 4) is 0 Å². The van der Waals surface area contributed by atoms with Gasteiger partial charge in [-0.3, -0.25) is 4.79 Å². The number of hydrogen-bond donors (Lipinski definition) is 2. The van der Waals surface area contributed by atoms with Gasteiger partial charge in [0.15, 0.2) is 6.29 Å². The average Bonchev–Trinajstić information content (AvgIpc) is 3.05. The Kier molecular flexibility index (Phi) is 30.7. The molecule has 0 unspecified atom stereocenters. The van der Waals surface area contributed by atoms with Gasteiger partial charge < -0.3 is 10.7 Å². The van der Waals surface area contributed by atoms with Gasteiger partial charge >= 0.3 is 0 Å². The van der Waals surface area contributed by atoms with Gasteiger partial charge in [0.1, 0.15) is 0 Å². The highest BCUT2D eigenvalue weighted by atomic mass is 16.1. The van der Waals surface area contributed by atoms with Crippen molar-refractivity contribution in [3.63, 3.8) is 0 Å². The smallest absolute Gasteiger partial charge is 0.152 e. The number of carbonyl (C=O) groups excluding carboxylic acids is 1.